The maximum atomic E-state index is 10.5. The van der Waals surface area contributed by atoms with Crippen molar-refractivity contribution in [1.82, 2.24) is 14.3 Å². The SMILES string of the molecule is OB1OC2(CC3(CCN(Sc4ccc(C5CC5)cc4)C3)C2)c2c1cnc1[nH]ccc21. The van der Waals surface area contributed by atoms with Crippen molar-refractivity contribution in [2.45, 2.75) is 48.5 Å². The van der Waals surface area contributed by atoms with Crippen molar-refractivity contribution >= 4 is 35.6 Å². The van der Waals surface area contributed by atoms with Crippen molar-refractivity contribution < 1.29 is 9.68 Å². The summed E-state index contributed by atoms with van der Waals surface area (Å²) in [5.41, 5.74) is 4.31. The van der Waals surface area contributed by atoms with Crippen LogP contribution >= 0.6 is 11.9 Å². The van der Waals surface area contributed by atoms with Gasteiger partial charge in [-0.15, -0.1) is 0 Å². The Labute approximate surface area is 180 Å². The molecule has 1 saturated heterocycles. The van der Waals surface area contributed by atoms with Crippen LogP contribution in [0, 0.1) is 5.41 Å². The second kappa shape index (κ2) is 6.13. The van der Waals surface area contributed by atoms with E-state index in [0.29, 0.717) is 0 Å². The topological polar surface area (TPSA) is 61.4 Å². The average Bonchev–Trinajstić information content (AvgIpc) is 3.20. The normalized spacial score (nSPS) is 30.5. The second-order valence-electron chi connectivity index (χ2n) is 9.69. The van der Waals surface area contributed by atoms with Crippen LogP contribution in [-0.2, 0) is 10.3 Å². The molecule has 2 aliphatic carbocycles. The van der Waals surface area contributed by atoms with E-state index in [4.69, 9.17) is 4.65 Å². The van der Waals surface area contributed by atoms with Crippen LogP contribution in [-0.4, -0.2) is 39.5 Å². The number of nitrogens with zero attached hydrogens (tertiary/aromatic N) is 2. The zero-order valence-electron chi connectivity index (χ0n) is 16.8. The Balaban J connectivity index is 1.09. The van der Waals surface area contributed by atoms with Crippen LogP contribution in [0.15, 0.2) is 47.6 Å². The molecule has 0 atom stereocenters. The van der Waals surface area contributed by atoms with Gasteiger partial charge in [0.05, 0.1) is 5.60 Å². The highest BCUT2D eigenvalue weighted by Crippen LogP contribution is 2.63. The first-order valence-electron chi connectivity index (χ1n) is 11.0. The highest BCUT2D eigenvalue weighted by Gasteiger charge is 2.63. The third-order valence-electron chi connectivity index (χ3n) is 7.56. The smallest absolute Gasteiger partial charge is 0.423 e. The molecule has 30 heavy (non-hydrogen) atoms. The lowest BCUT2D eigenvalue weighted by Crippen LogP contribution is -2.51. The molecule has 5 nitrogen and oxygen atoms in total. The Kier molecular flexibility index (Phi) is 3.65. The number of rotatable bonds is 3. The lowest BCUT2D eigenvalue weighted by Gasteiger charge is -2.53. The van der Waals surface area contributed by atoms with E-state index in [2.05, 4.69) is 44.6 Å². The van der Waals surface area contributed by atoms with E-state index in [1.807, 2.05) is 18.1 Å². The molecule has 152 valence electrons. The van der Waals surface area contributed by atoms with Crippen molar-refractivity contribution in [2.75, 3.05) is 13.1 Å². The molecule has 2 aliphatic heterocycles. The predicted octanol–water partition coefficient (Wildman–Crippen LogP) is 3.55. The van der Waals surface area contributed by atoms with Crippen LogP contribution in [0.5, 0.6) is 0 Å². The van der Waals surface area contributed by atoms with Crippen LogP contribution in [0.1, 0.15) is 49.1 Å². The molecule has 2 saturated carbocycles. The molecule has 3 fully saturated rings. The van der Waals surface area contributed by atoms with Crippen molar-refractivity contribution in [3.8, 4) is 0 Å². The van der Waals surface area contributed by atoms with Gasteiger partial charge in [0.15, 0.2) is 0 Å². The van der Waals surface area contributed by atoms with Crippen LogP contribution < -0.4 is 5.46 Å². The largest absolute Gasteiger partial charge is 0.493 e. The van der Waals surface area contributed by atoms with E-state index in [-0.39, 0.29) is 11.0 Å². The van der Waals surface area contributed by atoms with Gasteiger partial charge in [0.25, 0.3) is 0 Å². The van der Waals surface area contributed by atoms with E-state index in [1.54, 1.807) is 6.20 Å². The lowest BCUT2D eigenvalue weighted by molar-refractivity contribution is -0.108. The van der Waals surface area contributed by atoms with Gasteiger partial charge in [-0.3, -0.25) is 0 Å². The number of pyridine rings is 1. The van der Waals surface area contributed by atoms with Crippen LogP contribution in [0.4, 0.5) is 0 Å². The summed E-state index contributed by atoms with van der Waals surface area (Å²) in [5, 5.41) is 11.6. The number of aromatic nitrogens is 2. The monoisotopic (exact) mass is 417 g/mol. The van der Waals surface area contributed by atoms with Crippen LogP contribution in [0.3, 0.4) is 0 Å². The summed E-state index contributed by atoms with van der Waals surface area (Å²) >= 11 is 1.89. The van der Waals surface area contributed by atoms with Gasteiger partial charge < -0.3 is 14.7 Å². The Morgan fingerprint density at radius 1 is 1.20 bits per heavy atom. The third kappa shape index (κ3) is 2.59. The molecular formula is C23H24BN3O2S. The fraction of sp³-hybridized carbons (Fsp3) is 0.435. The first-order valence-corrected chi connectivity index (χ1v) is 11.8. The van der Waals surface area contributed by atoms with Gasteiger partial charge in [-0.25, -0.2) is 9.29 Å². The molecule has 0 amide bonds. The molecule has 0 radical (unpaired) electrons. The second-order valence-corrected chi connectivity index (χ2v) is 10.9. The zero-order chi connectivity index (χ0) is 19.9. The Morgan fingerprint density at radius 3 is 2.83 bits per heavy atom. The number of hydrogen-bond donors (Lipinski definition) is 2. The summed E-state index contributed by atoms with van der Waals surface area (Å²) < 4.78 is 8.71. The first-order chi connectivity index (χ1) is 14.6. The molecule has 0 bridgehead atoms. The van der Waals surface area contributed by atoms with Crippen LogP contribution in [0.25, 0.3) is 11.0 Å². The Morgan fingerprint density at radius 2 is 2.03 bits per heavy atom. The summed E-state index contributed by atoms with van der Waals surface area (Å²) in [7, 11) is -0.860. The number of hydrogen-bond acceptors (Lipinski definition) is 5. The maximum Gasteiger partial charge on any atom is 0.493 e. The minimum Gasteiger partial charge on any atom is -0.423 e. The number of H-pyrrole nitrogens is 1. The van der Waals surface area contributed by atoms with Gasteiger partial charge in [-0.2, -0.15) is 0 Å². The predicted molar refractivity (Wildman–Crippen MR) is 119 cm³/mol. The quantitative estimate of drug-likeness (QED) is 0.504. The maximum absolute atomic E-state index is 10.5. The fourth-order valence-electron chi connectivity index (χ4n) is 6.10. The molecule has 4 heterocycles. The molecule has 0 unspecified atom stereocenters. The first kappa shape index (κ1) is 17.8. The van der Waals surface area contributed by atoms with E-state index >= 15 is 0 Å². The summed E-state index contributed by atoms with van der Waals surface area (Å²) in [6.45, 7) is 2.19. The highest BCUT2D eigenvalue weighted by molar-refractivity contribution is 7.97. The summed E-state index contributed by atoms with van der Waals surface area (Å²) in [6, 6.07) is 11.3. The van der Waals surface area contributed by atoms with Gasteiger partial charge in [-0.1, -0.05) is 12.1 Å². The highest BCUT2D eigenvalue weighted by atomic mass is 32.2. The van der Waals surface area contributed by atoms with Gasteiger partial charge in [-0.05, 0) is 84.7 Å². The Bertz CT molecular complexity index is 1140. The van der Waals surface area contributed by atoms with Gasteiger partial charge >= 0.3 is 7.12 Å². The third-order valence-corrected chi connectivity index (χ3v) is 8.62. The lowest BCUT2D eigenvalue weighted by atomic mass is 9.56. The summed E-state index contributed by atoms with van der Waals surface area (Å²) in [5.74, 6) is 0.816. The fourth-order valence-corrected chi connectivity index (χ4v) is 7.18. The van der Waals surface area contributed by atoms with E-state index in [0.717, 1.165) is 53.9 Å². The molecule has 7 rings (SSSR count). The van der Waals surface area contributed by atoms with Gasteiger partial charge in [0, 0.05) is 41.2 Å². The van der Waals surface area contributed by atoms with Crippen molar-refractivity contribution in [2.24, 2.45) is 5.41 Å². The Hall–Kier alpha value is -1.80. The molecule has 2 spiro atoms. The van der Waals surface area contributed by atoms with Crippen molar-refractivity contribution in [3.05, 3.63) is 53.9 Å². The minimum absolute atomic E-state index is 0.286. The van der Waals surface area contributed by atoms with Gasteiger partial charge in [0.2, 0.25) is 0 Å². The number of fused-ring (bicyclic) bond motifs is 4. The average molecular weight is 417 g/mol. The van der Waals surface area contributed by atoms with Crippen molar-refractivity contribution in [3.63, 3.8) is 0 Å². The molecular weight excluding hydrogens is 393 g/mol. The van der Waals surface area contributed by atoms with E-state index in [9.17, 15) is 5.02 Å². The van der Waals surface area contributed by atoms with E-state index < -0.39 is 7.12 Å². The molecule has 1 aromatic carbocycles. The summed E-state index contributed by atoms with van der Waals surface area (Å²) in [4.78, 5) is 8.99. The molecule has 3 aromatic rings. The molecule has 2 aromatic heterocycles. The summed E-state index contributed by atoms with van der Waals surface area (Å²) in [6.07, 6.45) is 9.56. The molecule has 7 heteroatoms. The van der Waals surface area contributed by atoms with Crippen molar-refractivity contribution in [1.29, 1.82) is 0 Å². The standard InChI is InChI=1S/C23H24BN3O2S/c28-24-19-11-26-21-18(7-9-25-21)20(19)23(29-24)12-22(13-23)8-10-27(14-22)30-17-5-3-16(4-6-17)15-1-2-15/h3-7,9,11,15,28H,1-2,8,10,12-14H2,(H,25,26). The molecule has 2 N–H and O–H groups in total. The number of aromatic amines is 1. The van der Waals surface area contributed by atoms with Crippen LogP contribution in [0.2, 0.25) is 0 Å². The minimum atomic E-state index is -0.860. The number of benzene rings is 1. The number of nitrogens with one attached hydrogen (secondary N) is 1. The molecule has 4 aliphatic rings. The zero-order valence-corrected chi connectivity index (χ0v) is 17.6. The van der Waals surface area contributed by atoms with Gasteiger partial charge in [0.1, 0.15) is 5.65 Å². The van der Waals surface area contributed by atoms with E-state index in [1.165, 1.54) is 29.7 Å².